The minimum Gasteiger partial charge on any atom is -0.469 e. The predicted octanol–water partition coefficient (Wildman–Crippen LogP) is 5.17. The van der Waals surface area contributed by atoms with Crippen molar-refractivity contribution in [2.45, 2.75) is 38.8 Å². The number of benzene rings is 1. The topological polar surface area (TPSA) is 25.2 Å². The number of nitrogens with one attached hydrogen (secondary N) is 1. The summed E-state index contributed by atoms with van der Waals surface area (Å²) < 4.78 is 6.75. The Hall–Kier alpha value is -1.58. The number of aryl methyl sites for hydroxylation is 1. The number of fused-ring (bicyclic) bond motifs is 1. The molecule has 2 aromatic heterocycles. The summed E-state index contributed by atoms with van der Waals surface area (Å²) in [5.74, 6) is 1.07. The van der Waals surface area contributed by atoms with Crippen LogP contribution in [0.2, 0.25) is 0 Å². The van der Waals surface area contributed by atoms with Gasteiger partial charge in [0.05, 0.1) is 6.26 Å². The maximum Gasteiger partial charge on any atom is 0.103 e. The third kappa shape index (κ3) is 3.55. The van der Waals surface area contributed by atoms with E-state index < -0.39 is 0 Å². The fourth-order valence-corrected chi connectivity index (χ4v) is 3.70. The van der Waals surface area contributed by atoms with Crippen LogP contribution >= 0.6 is 11.3 Å². The van der Waals surface area contributed by atoms with E-state index in [0.29, 0.717) is 12.1 Å². The summed E-state index contributed by atoms with van der Waals surface area (Å²) in [6.07, 6.45) is 3.82. The van der Waals surface area contributed by atoms with Gasteiger partial charge in [0.2, 0.25) is 0 Å². The number of furan rings is 1. The van der Waals surface area contributed by atoms with E-state index in [1.165, 1.54) is 15.0 Å². The summed E-state index contributed by atoms with van der Waals surface area (Å²) in [5.41, 5.74) is 0. The molecule has 0 aliphatic heterocycles. The van der Waals surface area contributed by atoms with Gasteiger partial charge in [-0.05, 0) is 49.9 Å². The van der Waals surface area contributed by atoms with Gasteiger partial charge in [-0.3, -0.25) is 0 Å². The smallest absolute Gasteiger partial charge is 0.103 e. The first-order chi connectivity index (χ1) is 10.2. The maximum atomic E-state index is 5.39. The number of thiophene rings is 1. The lowest BCUT2D eigenvalue weighted by Gasteiger charge is -2.18. The average Bonchev–Trinajstić information content (AvgIpc) is 3.14. The Labute approximate surface area is 129 Å². The Bertz CT molecular complexity index is 653. The van der Waals surface area contributed by atoms with Crippen molar-refractivity contribution in [3.05, 3.63) is 59.4 Å². The average molecular weight is 299 g/mol. The Morgan fingerprint density at radius 3 is 2.76 bits per heavy atom. The minimum atomic E-state index is 0.383. The molecule has 0 bridgehead atoms. The number of hydrogen-bond donors (Lipinski definition) is 1. The second-order valence-electron chi connectivity index (χ2n) is 5.59. The number of hydrogen-bond acceptors (Lipinski definition) is 3. The van der Waals surface area contributed by atoms with E-state index in [2.05, 4.69) is 49.5 Å². The fourth-order valence-electron chi connectivity index (χ4n) is 2.62. The summed E-state index contributed by atoms with van der Waals surface area (Å²) in [6, 6.07) is 15.7. The van der Waals surface area contributed by atoms with Crippen LogP contribution in [0.25, 0.3) is 10.1 Å². The van der Waals surface area contributed by atoms with Gasteiger partial charge in [-0.2, -0.15) is 0 Å². The first kappa shape index (κ1) is 14.4. The van der Waals surface area contributed by atoms with Crippen LogP contribution in [0.15, 0.2) is 53.1 Å². The minimum absolute atomic E-state index is 0.383. The van der Waals surface area contributed by atoms with Gasteiger partial charge < -0.3 is 9.73 Å². The highest BCUT2D eigenvalue weighted by Crippen LogP contribution is 2.29. The van der Waals surface area contributed by atoms with Crippen LogP contribution in [0, 0.1) is 0 Å². The molecule has 0 fully saturated rings. The van der Waals surface area contributed by atoms with Crippen LogP contribution in [-0.4, -0.2) is 6.04 Å². The van der Waals surface area contributed by atoms with Crippen molar-refractivity contribution in [1.29, 1.82) is 0 Å². The van der Waals surface area contributed by atoms with Crippen LogP contribution in [-0.2, 0) is 6.42 Å². The molecule has 2 atom stereocenters. The van der Waals surface area contributed by atoms with Crippen molar-refractivity contribution in [2.24, 2.45) is 0 Å². The molecule has 0 aliphatic rings. The Morgan fingerprint density at radius 2 is 2.00 bits per heavy atom. The molecular weight excluding hydrogens is 278 g/mol. The standard InChI is InChI=1S/C18H21NOS/c1-13(9-10-16-7-5-11-20-16)19-14(2)18-12-15-6-3-4-8-17(15)21-18/h3-8,11-14,19H,9-10H2,1-2H3. The monoisotopic (exact) mass is 299 g/mol. The SMILES string of the molecule is CC(CCc1ccco1)NC(C)c1cc2ccccc2s1. The van der Waals surface area contributed by atoms with E-state index in [9.17, 15) is 0 Å². The summed E-state index contributed by atoms with van der Waals surface area (Å²) >= 11 is 1.88. The van der Waals surface area contributed by atoms with Gasteiger partial charge in [-0.1, -0.05) is 18.2 Å². The second-order valence-corrected chi connectivity index (χ2v) is 6.71. The molecule has 1 N–H and O–H groups in total. The number of rotatable bonds is 6. The van der Waals surface area contributed by atoms with Gasteiger partial charge >= 0.3 is 0 Å². The molecule has 21 heavy (non-hydrogen) atoms. The predicted molar refractivity (Wildman–Crippen MR) is 89.9 cm³/mol. The third-order valence-electron chi connectivity index (χ3n) is 3.81. The molecule has 0 spiro atoms. The Balaban J connectivity index is 1.58. The van der Waals surface area contributed by atoms with E-state index in [-0.39, 0.29) is 0 Å². The zero-order chi connectivity index (χ0) is 14.7. The summed E-state index contributed by atoms with van der Waals surface area (Å²) in [4.78, 5) is 1.40. The van der Waals surface area contributed by atoms with E-state index >= 15 is 0 Å². The Kier molecular flexibility index (Phi) is 4.42. The Morgan fingerprint density at radius 1 is 1.14 bits per heavy atom. The summed E-state index contributed by atoms with van der Waals surface area (Å²) in [7, 11) is 0. The molecule has 0 radical (unpaired) electrons. The highest BCUT2D eigenvalue weighted by molar-refractivity contribution is 7.19. The van der Waals surface area contributed by atoms with Gasteiger partial charge in [0, 0.05) is 28.1 Å². The molecule has 2 heterocycles. The van der Waals surface area contributed by atoms with E-state index in [1.807, 2.05) is 23.5 Å². The van der Waals surface area contributed by atoms with Crippen LogP contribution in [0.1, 0.15) is 36.9 Å². The van der Waals surface area contributed by atoms with Gasteiger partial charge in [-0.25, -0.2) is 0 Å². The lowest BCUT2D eigenvalue weighted by atomic mass is 10.1. The molecule has 2 nitrogen and oxygen atoms in total. The summed E-state index contributed by atoms with van der Waals surface area (Å²) in [5, 5.41) is 5.03. The molecule has 3 aromatic rings. The summed E-state index contributed by atoms with van der Waals surface area (Å²) in [6.45, 7) is 4.49. The van der Waals surface area contributed by atoms with E-state index in [4.69, 9.17) is 4.42 Å². The lowest BCUT2D eigenvalue weighted by molar-refractivity contribution is 0.433. The lowest BCUT2D eigenvalue weighted by Crippen LogP contribution is -2.28. The van der Waals surface area contributed by atoms with E-state index in [1.54, 1.807) is 6.26 Å². The van der Waals surface area contributed by atoms with Crippen molar-refractivity contribution in [3.63, 3.8) is 0 Å². The highest BCUT2D eigenvalue weighted by atomic mass is 32.1. The fraction of sp³-hybridized carbons (Fsp3) is 0.333. The third-order valence-corrected chi connectivity index (χ3v) is 5.11. The molecule has 3 heteroatoms. The maximum absolute atomic E-state index is 5.39. The highest BCUT2D eigenvalue weighted by Gasteiger charge is 2.12. The van der Waals surface area contributed by atoms with Gasteiger partial charge in [0.1, 0.15) is 5.76 Å². The van der Waals surface area contributed by atoms with E-state index in [0.717, 1.165) is 18.6 Å². The zero-order valence-corrected chi connectivity index (χ0v) is 13.3. The quantitative estimate of drug-likeness (QED) is 0.679. The van der Waals surface area contributed by atoms with Gasteiger partial charge in [0.25, 0.3) is 0 Å². The molecule has 2 unspecified atom stereocenters. The molecule has 3 rings (SSSR count). The van der Waals surface area contributed by atoms with Crippen LogP contribution < -0.4 is 5.32 Å². The molecular formula is C18H21NOS. The zero-order valence-electron chi connectivity index (χ0n) is 12.5. The second kappa shape index (κ2) is 6.46. The van der Waals surface area contributed by atoms with Gasteiger partial charge in [0.15, 0.2) is 0 Å². The molecule has 110 valence electrons. The van der Waals surface area contributed by atoms with Crippen molar-refractivity contribution < 1.29 is 4.42 Å². The normalized spacial score (nSPS) is 14.4. The van der Waals surface area contributed by atoms with Crippen LogP contribution in [0.3, 0.4) is 0 Å². The largest absolute Gasteiger partial charge is 0.469 e. The molecule has 1 aromatic carbocycles. The van der Waals surface area contributed by atoms with Crippen molar-refractivity contribution in [1.82, 2.24) is 5.32 Å². The van der Waals surface area contributed by atoms with Crippen molar-refractivity contribution in [2.75, 3.05) is 0 Å². The van der Waals surface area contributed by atoms with Crippen molar-refractivity contribution >= 4 is 21.4 Å². The first-order valence-electron chi connectivity index (χ1n) is 7.49. The van der Waals surface area contributed by atoms with Crippen LogP contribution in [0.5, 0.6) is 0 Å². The molecule has 0 aliphatic carbocycles. The molecule has 0 amide bonds. The molecule has 0 saturated carbocycles. The first-order valence-corrected chi connectivity index (χ1v) is 8.31. The van der Waals surface area contributed by atoms with Crippen LogP contribution in [0.4, 0.5) is 0 Å². The molecule has 0 saturated heterocycles. The van der Waals surface area contributed by atoms with Crippen molar-refractivity contribution in [3.8, 4) is 0 Å². The van der Waals surface area contributed by atoms with Gasteiger partial charge in [-0.15, -0.1) is 11.3 Å².